The molecule has 3 aromatic rings. The van der Waals surface area contributed by atoms with E-state index in [1.807, 2.05) is 51.1 Å². The second-order valence-electron chi connectivity index (χ2n) is 9.32. The smallest absolute Gasteiger partial charge is 0.410 e. The molecule has 1 saturated heterocycles. The summed E-state index contributed by atoms with van der Waals surface area (Å²) in [7, 11) is 1.59. The second kappa shape index (κ2) is 10.1. The van der Waals surface area contributed by atoms with Crippen molar-refractivity contribution < 1.29 is 14.3 Å². The summed E-state index contributed by atoms with van der Waals surface area (Å²) < 4.78 is 10.9. The van der Waals surface area contributed by atoms with E-state index >= 15 is 0 Å². The molecule has 1 aromatic carbocycles. The molecular formula is C26H31N5O3. The van der Waals surface area contributed by atoms with E-state index in [4.69, 9.17) is 9.47 Å². The Kier molecular flexibility index (Phi) is 6.95. The van der Waals surface area contributed by atoms with Crippen molar-refractivity contribution in [3.8, 4) is 17.1 Å². The maximum absolute atomic E-state index is 12.4. The fourth-order valence-electron chi connectivity index (χ4n) is 4.04. The Morgan fingerprint density at radius 3 is 2.59 bits per heavy atom. The highest BCUT2D eigenvalue weighted by molar-refractivity contribution is 5.68. The molecule has 1 amide bonds. The van der Waals surface area contributed by atoms with Crippen LogP contribution in [-0.2, 0) is 4.74 Å². The standard InChI is InChI=1S/C26H31N5O3/c1-26(2,3)34-25(32)31-15-11-18(12-16-31)19-7-5-8-20(17-19)29-24-28-14-10-22(30-24)21-9-6-13-27-23(21)33-4/h5-10,13-14,17-18H,11-12,15-16H2,1-4H3,(H,28,29,30). The lowest BCUT2D eigenvalue weighted by molar-refractivity contribution is 0.0205. The van der Waals surface area contributed by atoms with Gasteiger partial charge in [-0.2, -0.15) is 0 Å². The predicted octanol–water partition coefficient (Wildman–Crippen LogP) is 5.41. The number of hydrogen-bond acceptors (Lipinski definition) is 7. The summed E-state index contributed by atoms with van der Waals surface area (Å²) in [5, 5.41) is 3.32. The molecule has 34 heavy (non-hydrogen) atoms. The average molecular weight is 462 g/mol. The van der Waals surface area contributed by atoms with Crippen LogP contribution in [0.5, 0.6) is 5.88 Å². The molecule has 0 saturated carbocycles. The van der Waals surface area contributed by atoms with Crippen molar-refractivity contribution in [2.24, 2.45) is 0 Å². The highest BCUT2D eigenvalue weighted by Crippen LogP contribution is 2.31. The summed E-state index contributed by atoms with van der Waals surface area (Å²) in [6.45, 7) is 7.05. The van der Waals surface area contributed by atoms with Gasteiger partial charge in [0, 0.05) is 31.2 Å². The van der Waals surface area contributed by atoms with Gasteiger partial charge in [-0.05, 0) is 75.4 Å². The molecule has 0 unspecified atom stereocenters. The number of ether oxygens (including phenoxy) is 2. The first-order valence-corrected chi connectivity index (χ1v) is 11.5. The molecule has 1 aliphatic heterocycles. The van der Waals surface area contributed by atoms with Gasteiger partial charge in [-0.3, -0.25) is 0 Å². The first-order chi connectivity index (χ1) is 16.3. The van der Waals surface area contributed by atoms with Crippen LogP contribution in [0.1, 0.15) is 45.1 Å². The van der Waals surface area contributed by atoms with Crippen molar-refractivity contribution in [1.29, 1.82) is 0 Å². The van der Waals surface area contributed by atoms with Gasteiger partial charge in [0.2, 0.25) is 11.8 Å². The van der Waals surface area contributed by atoms with Crippen LogP contribution in [0.3, 0.4) is 0 Å². The highest BCUT2D eigenvalue weighted by Gasteiger charge is 2.27. The Morgan fingerprint density at radius 1 is 1.06 bits per heavy atom. The molecule has 0 aliphatic carbocycles. The van der Waals surface area contributed by atoms with Crippen LogP contribution in [0.2, 0.25) is 0 Å². The van der Waals surface area contributed by atoms with Crippen molar-refractivity contribution >= 4 is 17.7 Å². The topological polar surface area (TPSA) is 89.5 Å². The van der Waals surface area contributed by atoms with E-state index in [-0.39, 0.29) is 6.09 Å². The van der Waals surface area contributed by atoms with Crippen LogP contribution >= 0.6 is 0 Å². The van der Waals surface area contributed by atoms with E-state index in [0.29, 0.717) is 30.8 Å². The van der Waals surface area contributed by atoms with Crippen molar-refractivity contribution in [2.45, 2.75) is 45.1 Å². The normalized spacial score (nSPS) is 14.5. The Balaban J connectivity index is 1.43. The molecule has 0 radical (unpaired) electrons. The largest absolute Gasteiger partial charge is 0.481 e. The number of nitrogens with zero attached hydrogens (tertiary/aromatic N) is 4. The van der Waals surface area contributed by atoms with E-state index in [0.717, 1.165) is 29.8 Å². The monoisotopic (exact) mass is 461 g/mol. The summed E-state index contributed by atoms with van der Waals surface area (Å²) in [6, 6.07) is 13.9. The van der Waals surface area contributed by atoms with Crippen LogP contribution in [0.4, 0.5) is 16.4 Å². The first kappa shape index (κ1) is 23.5. The number of carbonyl (C=O) groups excluding carboxylic acids is 1. The number of likely N-dealkylation sites (tertiary alicyclic amines) is 1. The molecule has 8 heteroatoms. The van der Waals surface area contributed by atoms with Crippen LogP contribution < -0.4 is 10.1 Å². The lowest BCUT2D eigenvalue weighted by Gasteiger charge is -2.33. The predicted molar refractivity (Wildman–Crippen MR) is 131 cm³/mol. The fraction of sp³-hybridized carbons (Fsp3) is 0.385. The summed E-state index contributed by atoms with van der Waals surface area (Å²) in [5.74, 6) is 1.40. The lowest BCUT2D eigenvalue weighted by atomic mass is 9.89. The van der Waals surface area contributed by atoms with Crippen molar-refractivity contribution in [3.05, 3.63) is 60.4 Å². The van der Waals surface area contributed by atoms with E-state index in [1.165, 1.54) is 5.56 Å². The number of piperidine rings is 1. The second-order valence-corrected chi connectivity index (χ2v) is 9.32. The molecular weight excluding hydrogens is 430 g/mol. The summed E-state index contributed by atoms with van der Waals surface area (Å²) in [6.07, 6.45) is 4.97. The number of anilines is 2. The Labute approximate surface area is 200 Å². The molecule has 8 nitrogen and oxygen atoms in total. The maximum Gasteiger partial charge on any atom is 0.410 e. The zero-order chi connectivity index (χ0) is 24.1. The van der Waals surface area contributed by atoms with Gasteiger partial charge in [0.25, 0.3) is 0 Å². The zero-order valence-corrected chi connectivity index (χ0v) is 20.1. The number of benzene rings is 1. The van der Waals surface area contributed by atoms with Gasteiger partial charge in [-0.15, -0.1) is 0 Å². The third-order valence-corrected chi connectivity index (χ3v) is 5.66. The van der Waals surface area contributed by atoms with E-state index in [1.54, 1.807) is 24.4 Å². The van der Waals surface area contributed by atoms with Gasteiger partial charge in [-0.25, -0.2) is 19.7 Å². The summed E-state index contributed by atoms with van der Waals surface area (Å²) in [5.41, 5.74) is 3.21. The molecule has 0 bridgehead atoms. The van der Waals surface area contributed by atoms with E-state index < -0.39 is 5.60 Å². The molecule has 1 aliphatic rings. The Hall–Kier alpha value is -3.68. The minimum Gasteiger partial charge on any atom is -0.481 e. The lowest BCUT2D eigenvalue weighted by Crippen LogP contribution is -2.41. The molecule has 1 N–H and O–H groups in total. The molecule has 3 heterocycles. The maximum atomic E-state index is 12.4. The minimum absolute atomic E-state index is 0.233. The number of rotatable bonds is 5. The van der Waals surface area contributed by atoms with Crippen LogP contribution in [0.15, 0.2) is 54.9 Å². The molecule has 0 spiro atoms. The van der Waals surface area contributed by atoms with Gasteiger partial charge in [0.15, 0.2) is 0 Å². The van der Waals surface area contributed by atoms with E-state index in [9.17, 15) is 4.79 Å². The quantitative estimate of drug-likeness (QED) is 0.544. The fourth-order valence-corrected chi connectivity index (χ4v) is 4.04. The molecule has 1 fully saturated rings. The van der Waals surface area contributed by atoms with Crippen LogP contribution in [0.25, 0.3) is 11.3 Å². The zero-order valence-electron chi connectivity index (χ0n) is 20.1. The first-order valence-electron chi connectivity index (χ1n) is 11.5. The van der Waals surface area contributed by atoms with Crippen molar-refractivity contribution in [2.75, 3.05) is 25.5 Å². The number of methoxy groups -OCH3 is 1. The van der Waals surface area contributed by atoms with Crippen LogP contribution in [-0.4, -0.2) is 51.7 Å². The summed E-state index contributed by atoms with van der Waals surface area (Å²) in [4.78, 5) is 27.4. The molecule has 0 atom stereocenters. The molecule has 2 aromatic heterocycles. The Bertz CT molecular complexity index is 1140. The number of amides is 1. The number of pyridine rings is 1. The van der Waals surface area contributed by atoms with Crippen molar-refractivity contribution in [3.63, 3.8) is 0 Å². The SMILES string of the molecule is COc1ncccc1-c1ccnc(Nc2cccc(C3CCN(C(=O)OC(C)(C)C)CC3)c2)n1. The average Bonchev–Trinajstić information content (AvgIpc) is 2.83. The number of nitrogens with one attached hydrogen (secondary N) is 1. The number of hydrogen-bond donors (Lipinski definition) is 1. The van der Waals surface area contributed by atoms with Gasteiger partial charge in [0.05, 0.1) is 18.4 Å². The highest BCUT2D eigenvalue weighted by atomic mass is 16.6. The van der Waals surface area contributed by atoms with Gasteiger partial charge in [0.1, 0.15) is 5.60 Å². The van der Waals surface area contributed by atoms with Gasteiger partial charge >= 0.3 is 6.09 Å². The Morgan fingerprint density at radius 2 is 1.85 bits per heavy atom. The minimum atomic E-state index is -0.477. The van der Waals surface area contributed by atoms with Crippen molar-refractivity contribution in [1.82, 2.24) is 19.9 Å². The summed E-state index contributed by atoms with van der Waals surface area (Å²) >= 11 is 0. The number of carbonyl (C=O) groups is 1. The van der Waals surface area contributed by atoms with Gasteiger partial charge < -0.3 is 19.7 Å². The van der Waals surface area contributed by atoms with Gasteiger partial charge in [-0.1, -0.05) is 12.1 Å². The third kappa shape index (κ3) is 5.81. The molecule has 4 rings (SSSR count). The number of aromatic nitrogens is 3. The molecule has 178 valence electrons. The third-order valence-electron chi connectivity index (χ3n) is 5.66. The van der Waals surface area contributed by atoms with Crippen LogP contribution in [0, 0.1) is 0 Å². The van der Waals surface area contributed by atoms with E-state index in [2.05, 4.69) is 32.4 Å².